The van der Waals surface area contributed by atoms with E-state index in [0.29, 0.717) is 24.9 Å². The molecule has 1 aliphatic heterocycles. The number of hydrogen-bond acceptors (Lipinski definition) is 3. The van der Waals surface area contributed by atoms with Crippen molar-refractivity contribution in [1.29, 1.82) is 0 Å². The largest absolute Gasteiger partial charge is 0.312 e. The van der Waals surface area contributed by atoms with E-state index in [1.54, 1.807) is 17.0 Å². The minimum Gasteiger partial charge on any atom is -0.312 e. The van der Waals surface area contributed by atoms with Gasteiger partial charge in [0, 0.05) is 24.2 Å². The molecule has 150 valence electrons. The molecular formula is C21H23F2NO3S. The molecule has 1 heterocycles. The highest BCUT2D eigenvalue weighted by atomic mass is 32.2. The first-order valence-electron chi connectivity index (χ1n) is 9.27. The maximum Gasteiger partial charge on any atom is 0.227 e. The van der Waals surface area contributed by atoms with Gasteiger partial charge in [-0.25, -0.2) is 17.2 Å². The molecule has 28 heavy (non-hydrogen) atoms. The molecule has 7 heteroatoms. The van der Waals surface area contributed by atoms with Crippen molar-refractivity contribution < 1.29 is 22.0 Å². The van der Waals surface area contributed by atoms with E-state index in [1.807, 2.05) is 13.0 Å². The van der Waals surface area contributed by atoms with Crippen LogP contribution in [0.2, 0.25) is 0 Å². The van der Waals surface area contributed by atoms with Gasteiger partial charge >= 0.3 is 0 Å². The summed E-state index contributed by atoms with van der Waals surface area (Å²) in [6.07, 6.45) is 1.83. The molecule has 0 fully saturated rings. The fourth-order valence-corrected chi connectivity index (χ4v) is 4.98. The summed E-state index contributed by atoms with van der Waals surface area (Å²) in [6.45, 7) is 3.94. The number of amides is 1. The van der Waals surface area contributed by atoms with Gasteiger partial charge < -0.3 is 4.90 Å². The molecule has 0 bridgehead atoms. The fraction of sp³-hybridized carbons (Fsp3) is 0.381. The lowest BCUT2D eigenvalue weighted by Crippen LogP contribution is -2.35. The van der Waals surface area contributed by atoms with Gasteiger partial charge in [-0.1, -0.05) is 19.1 Å². The fourth-order valence-electron chi connectivity index (χ4n) is 3.51. The Kier molecular flexibility index (Phi) is 5.84. The molecule has 0 spiro atoms. The standard InChI is InChI=1S/C21H23F2NO3S/c1-3-8-24-20-6-4-15(9-17(20)5-7-21(24)25)12-28(26,27)13-16-10-18(22)14(2)19(23)11-16/h4,6,9-11H,3,5,7-8,12-13H2,1-2H3. The Morgan fingerprint density at radius 2 is 1.64 bits per heavy atom. The maximum atomic E-state index is 13.7. The van der Waals surface area contributed by atoms with Gasteiger partial charge in [-0.05, 0) is 54.7 Å². The van der Waals surface area contributed by atoms with Crippen LogP contribution in [-0.4, -0.2) is 20.9 Å². The smallest absolute Gasteiger partial charge is 0.227 e. The van der Waals surface area contributed by atoms with E-state index >= 15 is 0 Å². The van der Waals surface area contributed by atoms with Crippen LogP contribution in [0.1, 0.15) is 42.0 Å². The topological polar surface area (TPSA) is 54.5 Å². The third-order valence-corrected chi connectivity index (χ3v) is 6.45. The van der Waals surface area contributed by atoms with Crippen molar-refractivity contribution in [3.8, 4) is 0 Å². The van der Waals surface area contributed by atoms with Crippen LogP contribution in [0.4, 0.5) is 14.5 Å². The second-order valence-corrected chi connectivity index (χ2v) is 9.29. The number of nitrogens with zero attached hydrogens (tertiary/aromatic N) is 1. The summed E-state index contributed by atoms with van der Waals surface area (Å²) in [5.41, 5.74) is 2.37. The highest BCUT2D eigenvalue weighted by molar-refractivity contribution is 7.89. The molecule has 0 aliphatic carbocycles. The number of sulfone groups is 1. The van der Waals surface area contributed by atoms with E-state index in [2.05, 4.69) is 0 Å². The van der Waals surface area contributed by atoms with Crippen molar-refractivity contribution in [3.05, 3.63) is 64.2 Å². The Bertz CT molecular complexity index is 995. The summed E-state index contributed by atoms with van der Waals surface area (Å²) < 4.78 is 52.5. The Morgan fingerprint density at radius 1 is 1.00 bits per heavy atom. The molecule has 0 unspecified atom stereocenters. The molecule has 0 aromatic heterocycles. The zero-order chi connectivity index (χ0) is 20.5. The summed E-state index contributed by atoms with van der Waals surface area (Å²) in [4.78, 5) is 13.9. The van der Waals surface area contributed by atoms with E-state index in [9.17, 15) is 22.0 Å². The van der Waals surface area contributed by atoms with Crippen LogP contribution in [0.3, 0.4) is 0 Å². The van der Waals surface area contributed by atoms with E-state index in [4.69, 9.17) is 0 Å². The van der Waals surface area contributed by atoms with Crippen molar-refractivity contribution in [2.75, 3.05) is 11.4 Å². The van der Waals surface area contributed by atoms with E-state index in [1.165, 1.54) is 6.92 Å². The SMILES string of the molecule is CCCN1C(=O)CCc2cc(CS(=O)(=O)Cc3cc(F)c(C)c(F)c3)ccc21. The zero-order valence-electron chi connectivity index (χ0n) is 16.0. The average molecular weight is 407 g/mol. The van der Waals surface area contributed by atoms with Gasteiger partial charge in [0.1, 0.15) is 11.6 Å². The molecular weight excluding hydrogens is 384 g/mol. The lowest BCUT2D eigenvalue weighted by Gasteiger charge is -2.29. The number of aryl methyl sites for hydroxylation is 1. The normalized spacial score (nSPS) is 14.3. The number of fused-ring (bicyclic) bond motifs is 1. The Morgan fingerprint density at radius 3 is 2.29 bits per heavy atom. The quantitative estimate of drug-likeness (QED) is 0.725. The van der Waals surface area contributed by atoms with E-state index in [0.717, 1.165) is 29.8 Å². The monoisotopic (exact) mass is 407 g/mol. The van der Waals surface area contributed by atoms with E-state index in [-0.39, 0.29) is 22.8 Å². The third-order valence-electron chi connectivity index (χ3n) is 4.91. The molecule has 1 aliphatic rings. The Labute approximate surface area is 164 Å². The molecule has 0 radical (unpaired) electrons. The van der Waals surface area contributed by atoms with Crippen LogP contribution < -0.4 is 4.90 Å². The summed E-state index contributed by atoms with van der Waals surface area (Å²) in [6, 6.07) is 7.44. The first-order chi connectivity index (χ1) is 13.2. The van der Waals surface area contributed by atoms with Crippen molar-refractivity contribution in [2.45, 2.75) is 44.6 Å². The third kappa shape index (κ3) is 4.41. The number of halogens is 2. The molecule has 2 aromatic rings. The molecule has 2 aromatic carbocycles. The van der Waals surface area contributed by atoms with Crippen molar-refractivity contribution in [2.24, 2.45) is 0 Å². The van der Waals surface area contributed by atoms with E-state index < -0.39 is 27.2 Å². The molecule has 3 rings (SSSR count). The predicted octanol–water partition coefficient (Wildman–Crippen LogP) is 4.08. The number of anilines is 1. The van der Waals surface area contributed by atoms with Crippen molar-refractivity contribution in [3.63, 3.8) is 0 Å². The average Bonchev–Trinajstić information content (AvgIpc) is 2.61. The number of rotatable bonds is 6. The maximum absolute atomic E-state index is 13.7. The van der Waals surface area contributed by atoms with Gasteiger partial charge in [-0.15, -0.1) is 0 Å². The lowest BCUT2D eigenvalue weighted by molar-refractivity contribution is -0.118. The van der Waals surface area contributed by atoms with Crippen LogP contribution in [0, 0.1) is 18.6 Å². The highest BCUT2D eigenvalue weighted by Gasteiger charge is 2.24. The second kappa shape index (κ2) is 7.99. The predicted molar refractivity (Wildman–Crippen MR) is 105 cm³/mol. The lowest BCUT2D eigenvalue weighted by atomic mass is 9.99. The molecule has 0 saturated heterocycles. The molecule has 4 nitrogen and oxygen atoms in total. The molecule has 0 N–H and O–H groups in total. The highest BCUT2D eigenvalue weighted by Crippen LogP contribution is 2.30. The minimum absolute atomic E-state index is 0.0816. The Hall–Kier alpha value is -2.28. The van der Waals surface area contributed by atoms with Crippen LogP contribution in [0.25, 0.3) is 0 Å². The van der Waals surface area contributed by atoms with Gasteiger partial charge in [0.05, 0.1) is 11.5 Å². The first kappa shape index (κ1) is 20.5. The van der Waals surface area contributed by atoms with Crippen LogP contribution >= 0.6 is 0 Å². The number of carbonyl (C=O) groups is 1. The summed E-state index contributed by atoms with van der Waals surface area (Å²) in [5.74, 6) is -2.07. The summed E-state index contributed by atoms with van der Waals surface area (Å²) >= 11 is 0. The number of benzene rings is 2. The van der Waals surface area contributed by atoms with Crippen LogP contribution in [0.5, 0.6) is 0 Å². The van der Waals surface area contributed by atoms with Crippen LogP contribution in [-0.2, 0) is 32.6 Å². The van der Waals surface area contributed by atoms with Crippen molar-refractivity contribution >= 4 is 21.4 Å². The summed E-state index contributed by atoms with van der Waals surface area (Å²) in [5, 5.41) is 0. The van der Waals surface area contributed by atoms with Gasteiger partial charge in [0.25, 0.3) is 0 Å². The number of carbonyl (C=O) groups excluding carboxylic acids is 1. The van der Waals surface area contributed by atoms with Crippen LogP contribution in [0.15, 0.2) is 30.3 Å². The first-order valence-corrected chi connectivity index (χ1v) is 11.1. The van der Waals surface area contributed by atoms with Gasteiger partial charge in [-0.3, -0.25) is 4.79 Å². The van der Waals surface area contributed by atoms with Crippen molar-refractivity contribution in [1.82, 2.24) is 0 Å². The molecule has 0 saturated carbocycles. The van der Waals surface area contributed by atoms with Gasteiger partial charge in [0.2, 0.25) is 5.91 Å². The minimum atomic E-state index is -3.61. The Balaban J connectivity index is 1.81. The molecule has 0 atom stereocenters. The summed E-state index contributed by atoms with van der Waals surface area (Å²) in [7, 11) is -3.61. The molecule has 1 amide bonds. The van der Waals surface area contributed by atoms with Gasteiger partial charge in [0.15, 0.2) is 9.84 Å². The zero-order valence-corrected chi connectivity index (χ0v) is 16.8. The number of hydrogen-bond donors (Lipinski definition) is 0. The second-order valence-electron chi connectivity index (χ2n) is 7.23. The van der Waals surface area contributed by atoms with Gasteiger partial charge in [-0.2, -0.15) is 0 Å².